The van der Waals surface area contributed by atoms with Gasteiger partial charge in [-0.25, -0.2) is 4.98 Å². The van der Waals surface area contributed by atoms with E-state index in [-0.39, 0.29) is 6.42 Å². The normalized spacial score (nSPS) is 11.5. The first-order valence-electron chi connectivity index (χ1n) is 8.35. The molecule has 3 rings (SSSR count). The average molecular weight is 352 g/mol. The topological polar surface area (TPSA) is 88.5 Å². The molecule has 0 unspecified atom stereocenters. The Bertz CT molecular complexity index is 930. The first kappa shape index (κ1) is 17.6. The van der Waals surface area contributed by atoms with Gasteiger partial charge in [-0.05, 0) is 42.3 Å². The summed E-state index contributed by atoms with van der Waals surface area (Å²) >= 11 is 0. The molecule has 0 bridgehead atoms. The van der Waals surface area contributed by atoms with Crippen LogP contribution < -0.4 is 4.74 Å². The van der Waals surface area contributed by atoms with Gasteiger partial charge in [-0.1, -0.05) is 19.9 Å². The Morgan fingerprint density at radius 3 is 2.65 bits per heavy atom. The molecule has 2 heterocycles. The van der Waals surface area contributed by atoms with Gasteiger partial charge < -0.3 is 9.84 Å². The van der Waals surface area contributed by atoms with Crippen LogP contribution in [-0.4, -0.2) is 27.1 Å². The molecule has 0 aliphatic carbocycles. The SMILES string of the molecule is CC(C)COc1ccc(N=Nc2c(CC(=O)O)nc3ccccn23)cc1. The van der Waals surface area contributed by atoms with Crippen molar-refractivity contribution in [2.45, 2.75) is 20.3 Å². The van der Waals surface area contributed by atoms with Gasteiger partial charge in [0.1, 0.15) is 11.4 Å². The largest absolute Gasteiger partial charge is 0.493 e. The lowest BCUT2D eigenvalue weighted by atomic mass is 10.2. The summed E-state index contributed by atoms with van der Waals surface area (Å²) in [6, 6.07) is 12.7. The minimum absolute atomic E-state index is 0.210. The fourth-order valence-electron chi connectivity index (χ4n) is 2.38. The third kappa shape index (κ3) is 4.24. The van der Waals surface area contributed by atoms with Gasteiger partial charge in [0.2, 0.25) is 0 Å². The summed E-state index contributed by atoms with van der Waals surface area (Å²) in [5, 5.41) is 17.5. The third-order valence-electron chi connectivity index (χ3n) is 3.57. The van der Waals surface area contributed by atoms with Crippen LogP contribution in [0.15, 0.2) is 58.9 Å². The minimum Gasteiger partial charge on any atom is -0.493 e. The van der Waals surface area contributed by atoms with Crippen molar-refractivity contribution in [1.29, 1.82) is 0 Å². The van der Waals surface area contributed by atoms with Crippen molar-refractivity contribution in [2.75, 3.05) is 6.61 Å². The lowest BCUT2D eigenvalue weighted by molar-refractivity contribution is -0.136. The predicted molar refractivity (Wildman–Crippen MR) is 97.5 cm³/mol. The van der Waals surface area contributed by atoms with E-state index >= 15 is 0 Å². The quantitative estimate of drug-likeness (QED) is 0.638. The van der Waals surface area contributed by atoms with Crippen LogP contribution in [0.3, 0.4) is 0 Å². The molecule has 134 valence electrons. The zero-order valence-corrected chi connectivity index (χ0v) is 14.7. The Balaban J connectivity index is 1.84. The van der Waals surface area contributed by atoms with E-state index in [0.29, 0.717) is 35.4 Å². The molecule has 7 heteroatoms. The number of rotatable bonds is 7. The molecule has 2 aromatic heterocycles. The summed E-state index contributed by atoms with van der Waals surface area (Å²) in [5.41, 5.74) is 1.66. The lowest BCUT2D eigenvalue weighted by Crippen LogP contribution is -2.03. The van der Waals surface area contributed by atoms with Gasteiger partial charge in [0.05, 0.1) is 24.4 Å². The number of benzene rings is 1. The van der Waals surface area contributed by atoms with Gasteiger partial charge in [-0.15, -0.1) is 10.2 Å². The Hall–Kier alpha value is -3.22. The zero-order chi connectivity index (χ0) is 18.5. The number of carboxylic acid groups (broad SMARTS) is 1. The maximum atomic E-state index is 11.1. The molecule has 0 radical (unpaired) electrons. The van der Waals surface area contributed by atoms with Crippen molar-refractivity contribution in [3.8, 4) is 5.75 Å². The summed E-state index contributed by atoms with van der Waals surface area (Å²) in [6.07, 6.45) is 1.57. The fraction of sp³-hybridized carbons (Fsp3) is 0.263. The number of carboxylic acids is 1. The van der Waals surface area contributed by atoms with Crippen molar-refractivity contribution in [3.63, 3.8) is 0 Å². The van der Waals surface area contributed by atoms with Gasteiger partial charge >= 0.3 is 5.97 Å². The predicted octanol–water partition coefficient (Wildman–Crippen LogP) is 4.41. The molecule has 7 nitrogen and oxygen atoms in total. The number of aliphatic carboxylic acids is 1. The van der Waals surface area contributed by atoms with Crippen LogP contribution in [0.5, 0.6) is 5.75 Å². The van der Waals surface area contributed by atoms with Gasteiger partial charge in [0, 0.05) is 6.20 Å². The van der Waals surface area contributed by atoms with E-state index in [1.165, 1.54) is 0 Å². The highest BCUT2D eigenvalue weighted by molar-refractivity contribution is 5.72. The molecule has 3 aromatic rings. The first-order valence-corrected chi connectivity index (χ1v) is 8.35. The average Bonchev–Trinajstić information content (AvgIpc) is 2.95. The molecule has 0 saturated carbocycles. The standard InChI is InChI=1S/C19H20N4O3/c1-13(2)12-26-15-8-6-14(7-9-15)21-22-19-16(11-18(24)25)20-17-5-3-4-10-23(17)19/h3-10,13H,11-12H2,1-2H3,(H,24,25). The van der Waals surface area contributed by atoms with Crippen LogP contribution in [-0.2, 0) is 11.2 Å². The number of carbonyl (C=O) groups is 1. The highest BCUT2D eigenvalue weighted by Crippen LogP contribution is 2.25. The molecular weight excluding hydrogens is 332 g/mol. The highest BCUT2D eigenvalue weighted by atomic mass is 16.5. The van der Waals surface area contributed by atoms with E-state index in [4.69, 9.17) is 9.84 Å². The van der Waals surface area contributed by atoms with Crippen molar-refractivity contribution in [3.05, 3.63) is 54.4 Å². The molecule has 0 spiro atoms. The van der Waals surface area contributed by atoms with E-state index in [1.807, 2.05) is 24.3 Å². The number of azo groups is 1. The molecule has 1 N–H and O–H groups in total. The summed E-state index contributed by atoms with van der Waals surface area (Å²) in [7, 11) is 0. The zero-order valence-electron chi connectivity index (χ0n) is 14.7. The minimum atomic E-state index is -0.962. The number of imidazole rings is 1. The Morgan fingerprint density at radius 2 is 1.96 bits per heavy atom. The van der Waals surface area contributed by atoms with Crippen LogP contribution in [0.25, 0.3) is 5.65 Å². The Kier molecular flexibility index (Phi) is 5.26. The van der Waals surface area contributed by atoms with Crippen LogP contribution in [0.4, 0.5) is 11.5 Å². The Labute approximate surface area is 151 Å². The second kappa shape index (κ2) is 7.77. The molecule has 26 heavy (non-hydrogen) atoms. The number of nitrogens with zero attached hydrogens (tertiary/aromatic N) is 4. The second-order valence-corrected chi connectivity index (χ2v) is 6.28. The highest BCUT2D eigenvalue weighted by Gasteiger charge is 2.14. The Morgan fingerprint density at radius 1 is 1.19 bits per heavy atom. The summed E-state index contributed by atoms with van der Waals surface area (Å²) < 4.78 is 7.37. The van der Waals surface area contributed by atoms with E-state index < -0.39 is 5.97 Å². The molecule has 0 saturated heterocycles. The summed E-state index contributed by atoms with van der Waals surface area (Å²) in [4.78, 5) is 15.4. The second-order valence-electron chi connectivity index (χ2n) is 6.28. The van der Waals surface area contributed by atoms with E-state index in [1.54, 1.807) is 28.8 Å². The van der Waals surface area contributed by atoms with Crippen LogP contribution >= 0.6 is 0 Å². The molecule has 0 aliphatic heterocycles. The monoisotopic (exact) mass is 352 g/mol. The van der Waals surface area contributed by atoms with Crippen LogP contribution in [0.2, 0.25) is 0 Å². The summed E-state index contributed by atoms with van der Waals surface area (Å²) in [6.45, 7) is 4.83. The number of ether oxygens (including phenoxy) is 1. The van der Waals surface area contributed by atoms with E-state index in [9.17, 15) is 4.79 Å². The summed E-state index contributed by atoms with van der Waals surface area (Å²) in [5.74, 6) is 0.691. The van der Waals surface area contributed by atoms with E-state index in [0.717, 1.165) is 5.75 Å². The van der Waals surface area contributed by atoms with Crippen molar-refractivity contribution in [1.82, 2.24) is 9.38 Å². The van der Waals surface area contributed by atoms with Crippen LogP contribution in [0.1, 0.15) is 19.5 Å². The molecular formula is C19H20N4O3. The maximum Gasteiger partial charge on any atom is 0.309 e. The number of pyridine rings is 1. The van der Waals surface area contributed by atoms with Crippen molar-refractivity contribution >= 4 is 23.1 Å². The maximum absolute atomic E-state index is 11.1. The smallest absolute Gasteiger partial charge is 0.309 e. The number of hydrogen-bond acceptors (Lipinski definition) is 5. The molecule has 0 amide bonds. The number of fused-ring (bicyclic) bond motifs is 1. The molecule has 0 atom stereocenters. The number of hydrogen-bond donors (Lipinski definition) is 1. The lowest BCUT2D eigenvalue weighted by Gasteiger charge is -2.08. The molecule has 0 aliphatic rings. The van der Waals surface area contributed by atoms with Crippen LogP contribution in [0, 0.1) is 5.92 Å². The fourth-order valence-corrected chi connectivity index (χ4v) is 2.38. The molecule has 1 aromatic carbocycles. The van der Waals surface area contributed by atoms with Crippen molar-refractivity contribution in [2.24, 2.45) is 16.1 Å². The third-order valence-corrected chi connectivity index (χ3v) is 3.57. The van der Waals surface area contributed by atoms with Gasteiger partial charge in [0.15, 0.2) is 5.82 Å². The molecule has 0 fully saturated rings. The van der Waals surface area contributed by atoms with Gasteiger partial charge in [-0.3, -0.25) is 9.20 Å². The van der Waals surface area contributed by atoms with E-state index in [2.05, 4.69) is 29.1 Å². The van der Waals surface area contributed by atoms with Gasteiger partial charge in [-0.2, -0.15) is 0 Å². The first-order chi connectivity index (χ1) is 12.5. The van der Waals surface area contributed by atoms with Crippen molar-refractivity contribution < 1.29 is 14.6 Å². The number of aromatic nitrogens is 2. The van der Waals surface area contributed by atoms with Gasteiger partial charge in [0.25, 0.3) is 0 Å².